The fourth-order valence-electron chi connectivity index (χ4n) is 1.55. The van der Waals surface area contributed by atoms with Crippen molar-refractivity contribution in [1.29, 1.82) is 0 Å². The van der Waals surface area contributed by atoms with Crippen molar-refractivity contribution in [1.82, 2.24) is 5.32 Å². The van der Waals surface area contributed by atoms with Crippen LogP contribution in [0.4, 0.5) is 5.69 Å². The highest BCUT2D eigenvalue weighted by molar-refractivity contribution is 6.19. The summed E-state index contributed by atoms with van der Waals surface area (Å²) >= 11 is 5.83. The molecule has 0 saturated heterocycles. The minimum Gasteiger partial charge on any atom is -0.345 e. The number of alkyl halides is 1. The average molecular weight is 285 g/mol. The van der Waals surface area contributed by atoms with Crippen molar-refractivity contribution in [2.45, 2.75) is 32.7 Å². The number of hydrogen-bond donors (Lipinski definition) is 1. The summed E-state index contributed by atoms with van der Waals surface area (Å²) in [6.45, 7) is 5.48. The molecule has 1 amide bonds. The van der Waals surface area contributed by atoms with E-state index < -0.39 is 16.4 Å². The Balaban J connectivity index is 3.12. The van der Waals surface area contributed by atoms with Crippen molar-refractivity contribution in [3.8, 4) is 0 Å². The molecule has 0 fully saturated rings. The maximum Gasteiger partial charge on any atom is 0.282 e. The lowest BCUT2D eigenvalue weighted by molar-refractivity contribution is -0.385. The molecule has 0 spiro atoms. The molecule has 19 heavy (non-hydrogen) atoms. The van der Waals surface area contributed by atoms with Crippen LogP contribution in [-0.2, 0) is 0 Å². The first-order valence-electron chi connectivity index (χ1n) is 5.96. The number of nitro groups is 1. The standard InChI is InChI=1S/C13H17ClN2O3/c1-4-13(3,8-14)15-12(17)10-7-9(2)5-6-11(10)16(18)19/h5-7H,4,8H2,1-3H3,(H,15,17). The molecular formula is C13H17ClN2O3. The number of nitrogens with one attached hydrogen (secondary N) is 1. The Morgan fingerprint density at radius 2 is 2.16 bits per heavy atom. The highest BCUT2D eigenvalue weighted by Gasteiger charge is 2.27. The van der Waals surface area contributed by atoms with Crippen LogP contribution in [0.2, 0.25) is 0 Å². The topological polar surface area (TPSA) is 72.2 Å². The SMILES string of the molecule is CCC(C)(CCl)NC(=O)c1cc(C)ccc1[N+](=O)[O-]. The van der Waals surface area contributed by atoms with Gasteiger partial charge in [0.2, 0.25) is 0 Å². The van der Waals surface area contributed by atoms with E-state index in [1.54, 1.807) is 19.9 Å². The summed E-state index contributed by atoms with van der Waals surface area (Å²) in [5.41, 5.74) is 0.0849. The summed E-state index contributed by atoms with van der Waals surface area (Å²) in [5, 5.41) is 13.7. The normalized spacial score (nSPS) is 13.7. The third-order valence-electron chi connectivity index (χ3n) is 3.08. The number of hydrogen-bond acceptors (Lipinski definition) is 3. The van der Waals surface area contributed by atoms with Crippen molar-refractivity contribution >= 4 is 23.2 Å². The van der Waals surface area contributed by atoms with Gasteiger partial charge in [0, 0.05) is 11.9 Å². The Kier molecular flexibility index (Phi) is 4.89. The molecule has 1 rings (SSSR count). The van der Waals surface area contributed by atoms with Crippen LogP contribution in [0.1, 0.15) is 36.2 Å². The second kappa shape index (κ2) is 6.02. The van der Waals surface area contributed by atoms with Crippen molar-refractivity contribution in [3.05, 3.63) is 39.4 Å². The molecule has 1 N–H and O–H groups in total. The van der Waals surface area contributed by atoms with Crippen molar-refractivity contribution in [2.24, 2.45) is 0 Å². The van der Waals surface area contributed by atoms with E-state index in [-0.39, 0.29) is 17.1 Å². The second-order valence-electron chi connectivity index (χ2n) is 4.78. The number of aryl methyl sites for hydroxylation is 1. The summed E-state index contributed by atoms with van der Waals surface area (Å²) < 4.78 is 0. The largest absolute Gasteiger partial charge is 0.345 e. The van der Waals surface area contributed by atoms with Gasteiger partial charge in [-0.2, -0.15) is 0 Å². The van der Waals surface area contributed by atoms with E-state index in [0.29, 0.717) is 6.42 Å². The summed E-state index contributed by atoms with van der Waals surface area (Å²) in [5.74, 6) is -0.227. The number of nitro benzene ring substituents is 1. The van der Waals surface area contributed by atoms with Gasteiger partial charge in [0.15, 0.2) is 0 Å². The number of carbonyl (C=O) groups excluding carboxylic acids is 1. The number of carbonyl (C=O) groups is 1. The van der Waals surface area contributed by atoms with Crippen molar-refractivity contribution in [3.63, 3.8) is 0 Å². The summed E-state index contributed by atoms with van der Waals surface area (Å²) in [7, 11) is 0. The van der Waals surface area contributed by atoms with E-state index in [4.69, 9.17) is 11.6 Å². The Labute approximate surface area is 117 Å². The van der Waals surface area contributed by atoms with Gasteiger partial charge in [0.1, 0.15) is 5.56 Å². The lowest BCUT2D eigenvalue weighted by Gasteiger charge is -2.27. The summed E-state index contributed by atoms with van der Waals surface area (Å²) in [6, 6.07) is 4.46. The molecule has 0 heterocycles. The molecule has 0 aromatic heterocycles. The van der Waals surface area contributed by atoms with Gasteiger partial charge in [-0.15, -0.1) is 11.6 Å². The van der Waals surface area contributed by atoms with Gasteiger partial charge < -0.3 is 5.32 Å². The average Bonchev–Trinajstić information content (AvgIpc) is 2.38. The third kappa shape index (κ3) is 3.67. The first-order valence-corrected chi connectivity index (χ1v) is 6.50. The maximum atomic E-state index is 12.2. The van der Waals surface area contributed by atoms with Gasteiger partial charge in [0.05, 0.1) is 10.5 Å². The molecular weight excluding hydrogens is 268 g/mol. The molecule has 1 unspecified atom stereocenters. The molecule has 5 nitrogen and oxygen atoms in total. The van der Waals surface area contributed by atoms with Gasteiger partial charge in [-0.05, 0) is 31.9 Å². The van der Waals surface area contributed by atoms with E-state index in [1.165, 1.54) is 12.1 Å². The number of amides is 1. The zero-order chi connectivity index (χ0) is 14.6. The van der Waals surface area contributed by atoms with E-state index in [9.17, 15) is 14.9 Å². The number of benzene rings is 1. The zero-order valence-electron chi connectivity index (χ0n) is 11.2. The van der Waals surface area contributed by atoms with Crippen molar-refractivity contribution < 1.29 is 9.72 Å². The third-order valence-corrected chi connectivity index (χ3v) is 3.67. The summed E-state index contributed by atoms with van der Waals surface area (Å²) in [6.07, 6.45) is 0.641. The quantitative estimate of drug-likeness (QED) is 0.513. The predicted molar refractivity (Wildman–Crippen MR) is 74.7 cm³/mol. The van der Waals surface area contributed by atoms with E-state index >= 15 is 0 Å². The molecule has 104 valence electrons. The number of rotatable bonds is 5. The highest BCUT2D eigenvalue weighted by atomic mass is 35.5. The molecule has 0 bridgehead atoms. The smallest absolute Gasteiger partial charge is 0.282 e. The van der Waals surface area contributed by atoms with Gasteiger partial charge in [-0.25, -0.2) is 0 Å². The lowest BCUT2D eigenvalue weighted by Crippen LogP contribution is -2.47. The molecule has 1 aromatic rings. The molecule has 0 saturated carbocycles. The second-order valence-corrected chi connectivity index (χ2v) is 5.05. The molecule has 6 heteroatoms. The Morgan fingerprint density at radius 3 is 2.63 bits per heavy atom. The van der Waals surface area contributed by atoms with Crippen LogP contribution in [-0.4, -0.2) is 22.2 Å². The van der Waals surface area contributed by atoms with Crippen LogP contribution in [0.25, 0.3) is 0 Å². The van der Waals surface area contributed by atoms with E-state index in [2.05, 4.69) is 5.32 Å². The predicted octanol–water partition coefficient (Wildman–Crippen LogP) is 3.04. The van der Waals surface area contributed by atoms with Gasteiger partial charge in [0.25, 0.3) is 11.6 Å². The van der Waals surface area contributed by atoms with Crippen molar-refractivity contribution in [2.75, 3.05) is 5.88 Å². The minimum absolute atomic E-state index is 0.0646. The van der Waals surface area contributed by atoms with Crippen LogP contribution in [0.3, 0.4) is 0 Å². The Hall–Kier alpha value is -1.62. The lowest BCUT2D eigenvalue weighted by atomic mass is 10.00. The first kappa shape index (κ1) is 15.4. The number of halogens is 1. The molecule has 1 atom stereocenters. The zero-order valence-corrected chi connectivity index (χ0v) is 12.0. The Bertz CT molecular complexity index is 499. The fraction of sp³-hybridized carbons (Fsp3) is 0.462. The van der Waals surface area contributed by atoms with Crippen LogP contribution < -0.4 is 5.32 Å². The van der Waals surface area contributed by atoms with Gasteiger partial charge in [-0.1, -0.05) is 13.0 Å². The monoisotopic (exact) mass is 284 g/mol. The van der Waals surface area contributed by atoms with Gasteiger partial charge in [-0.3, -0.25) is 14.9 Å². The fourth-order valence-corrected chi connectivity index (χ4v) is 1.80. The molecule has 0 aliphatic rings. The van der Waals surface area contributed by atoms with E-state index in [1.807, 2.05) is 6.92 Å². The van der Waals surface area contributed by atoms with Crippen LogP contribution in [0, 0.1) is 17.0 Å². The highest BCUT2D eigenvalue weighted by Crippen LogP contribution is 2.21. The van der Waals surface area contributed by atoms with Gasteiger partial charge >= 0.3 is 0 Å². The summed E-state index contributed by atoms with van der Waals surface area (Å²) in [4.78, 5) is 22.6. The van der Waals surface area contributed by atoms with E-state index in [0.717, 1.165) is 5.56 Å². The molecule has 0 aliphatic carbocycles. The minimum atomic E-state index is -0.573. The van der Waals surface area contributed by atoms with Crippen LogP contribution in [0.5, 0.6) is 0 Å². The molecule has 1 aromatic carbocycles. The van der Waals surface area contributed by atoms with Crippen LogP contribution in [0.15, 0.2) is 18.2 Å². The molecule has 0 aliphatic heterocycles. The first-order chi connectivity index (χ1) is 8.83. The Morgan fingerprint density at radius 1 is 1.53 bits per heavy atom. The number of nitrogens with zero attached hydrogens (tertiary/aromatic N) is 1. The maximum absolute atomic E-state index is 12.2. The van der Waals surface area contributed by atoms with Crippen LogP contribution >= 0.6 is 11.6 Å². The molecule has 0 radical (unpaired) electrons.